The summed E-state index contributed by atoms with van der Waals surface area (Å²) in [7, 11) is 0. The summed E-state index contributed by atoms with van der Waals surface area (Å²) in [6, 6.07) is 0. The first-order valence-corrected chi connectivity index (χ1v) is 13.9. The fourth-order valence-corrected chi connectivity index (χ4v) is 5.31. The zero-order valence-electron chi connectivity index (χ0n) is 22.7. The van der Waals surface area contributed by atoms with Crippen molar-refractivity contribution < 1.29 is 0 Å². The lowest BCUT2D eigenvalue weighted by Crippen LogP contribution is -2.45. The number of rotatable bonds is 14. The summed E-state index contributed by atoms with van der Waals surface area (Å²) in [6.45, 7) is 22.6. The fraction of sp³-hybridized carbons (Fsp3) is 0.655. The van der Waals surface area contributed by atoms with E-state index >= 15 is 0 Å². The quantitative estimate of drug-likeness (QED) is 0.174. The van der Waals surface area contributed by atoms with Crippen LogP contribution in [0, 0.1) is 5.92 Å². The van der Waals surface area contributed by atoms with Crippen LogP contribution in [0.15, 0.2) is 60.1 Å². The van der Waals surface area contributed by atoms with Crippen LogP contribution in [0.25, 0.3) is 0 Å². The van der Waals surface area contributed by atoms with Crippen molar-refractivity contribution in [3.63, 3.8) is 0 Å². The number of piperazine rings is 1. The molecule has 0 unspecified atom stereocenters. The molecule has 0 aromatic rings. The maximum absolute atomic E-state index is 4.37. The molecule has 0 bridgehead atoms. The van der Waals surface area contributed by atoms with Gasteiger partial charge in [0.2, 0.25) is 0 Å². The Morgan fingerprint density at radius 1 is 1.03 bits per heavy atom. The molecule has 1 saturated heterocycles. The topological polar surface area (TPSA) is 30.5 Å². The second-order valence-electron chi connectivity index (χ2n) is 10.0. The van der Waals surface area contributed by atoms with E-state index in [1.165, 1.54) is 56.3 Å². The van der Waals surface area contributed by atoms with E-state index in [2.05, 4.69) is 79.3 Å². The summed E-state index contributed by atoms with van der Waals surface area (Å²) in [5.74, 6) is 0.966. The molecular formula is C29H51BN4. The summed E-state index contributed by atoms with van der Waals surface area (Å²) in [5.41, 5.74) is 5.00. The molecule has 0 radical (unpaired) electrons. The average Bonchev–Trinajstić information content (AvgIpc) is 2.86. The molecule has 0 amide bonds. The molecular weight excluding hydrogens is 415 g/mol. The monoisotopic (exact) mass is 466 g/mol. The lowest BCUT2D eigenvalue weighted by Gasteiger charge is -2.39. The summed E-state index contributed by atoms with van der Waals surface area (Å²) < 4.78 is 0. The van der Waals surface area contributed by atoms with E-state index in [1.807, 2.05) is 0 Å². The maximum Gasteiger partial charge on any atom is 0.250 e. The molecule has 1 saturated carbocycles. The Morgan fingerprint density at radius 3 is 2.32 bits per heavy atom. The van der Waals surface area contributed by atoms with E-state index < -0.39 is 0 Å². The molecule has 4 nitrogen and oxygen atoms in total. The molecule has 34 heavy (non-hydrogen) atoms. The van der Waals surface area contributed by atoms with Gasteiger partial charge in [-0.05, 0) is 57.3 Å². The van der Waals surface area contributed by atoms with Crippen molar-refractivity contribution in [3.8, 4) is 0 Å². The van der Waals surface area contributed by atoms with Gasteiger partial charge >= 0.3 is 0 Å². The second-order valence-corrected chi connectivity index (χ2v) is 10.0. The highest BCUT2D eigenvalue weighted by Crippen LogP contribution is 2.27. The third-order valence-corrected chi connectivity index (χ3v) is 7.51. The van der Waals surface area contributed by atoms with Crippen molar-refractivity contribution >= 4 is 6.85 Å². The van der Waals surface area contributed by atoms with Gasteiger partial charge in [-0.1, -0.05) is 77.0 Å². The van der Waals surface area contributed by atoms with Crippen LogP contribution >= 0.6 is 0 Å². The SMILES string of the molecule is C=CN/C(C)=C(/C=C\C(=C)B(C)NCCCC1CCCCC1)N1CCN(/C(=C/CC)CC)CC1. The maximum atomic E-state index is 4.37. The summed E-state index contributed by atoms with van der Waals surface area (Å²) >= 11 is 0. The number of nitrogens with one attached hydrogen (secondary N) is 2. The van der Waals surface area contributed by atoms with Crippen LogP contribution in [0.3, 0.4) is 0 Å². The standard InChI is InChI=1S/C29H51BN4/c1-7-14-28(8-2)33-21-23-34(24-22-33)29(26(5)31-9-3)19-18-25(4)30(6)32-20-13-17-27-15-11-10-12-16-27/h9,14,18-19,27,31-32H,3-4,7-8,10-13,15-17,20-24H2,1-2,5-6H3/b19-18-,28-14+,29-26-. The predicted molar refractivity (Wildman–Crippen MR) is 152 cm³/mol. The Kier molecular flexibility index (Phi) is 13.3. The van der Waals surface area contributed by atoms with Gasteiger partial charge < -0.3 is 20.3 Å². The summed E-state index contributed by atoms with van der Waals surface area (Å²) in [4.78, 5) is 5.05. The number of hydrogen-bond acceptors (Lipinski definition) is 4. The van der Waals surface area contributed by atoms with E-state index in [1.54, 1.807) is 6.20 Å². The van der Waals surface area contributed by atoms with Gasteiger partial charge in [0.15, 0.2) is 0 Å². The smallest absolute Gasteiger partial charge is 0.250 e. The molecule has 1 heterocycles. The largest absolute Gasteiger partial charge is 0.372 e. The van der Waals surface area contributed by atoms with Gasteiger partial charge in [-0.2, -0.15) is 0 Å². The first kappa shape index (κ1) is 28.4. The number of hydrogen-bond donors (Lipinski definition) is 2. The molecule has 2 aliphatic rings. The van der Waals surface area contributed by atoms with E-state index in [9.17, 15) is 0 Å². The van der Waals surface area contributed by atoms with Crippen LogP contribution < -0.4 is 10.5 Å². The van der Waals surface area contributed by atoms with E-state index in [4.69, 9.17) is 0 Å². The van der Waals surface area contributed by atoms with Gasteiger partial charge in [0.1, 0.15) is 0 Å². The minimum atomic E-state index is 0.291. The molecule has 190 valence electrons. The van der Waals surface area contributed by atoms with E-state index in [-0.39, 0.29) is 0 Å². The second kappa shape index (κ2) is 15.9. The summed E-state index contributed by atoms with van der Waals surface area (Å²) in [6.07, 6.45) is 20.7. The lowest BCUT2D eigenvalue weighted by atomic mass is 9.58. The van der Waals surface area contributed by atoms with E-state index in [0.717, 1.165) is 62.7 Å². The molecule has 5 heteroatoms. The van der Waals surface area contributed by atoms with Gasteiger partial charge in [-0.3, -0.25) is 0 Å². The normalized spacial score (nSPS) is 18.8. The van der Waals surface area contributed by atoms with E-state index in [0.29, 0.717) is 6.85 Å². The Labute approximate surface area is 211 Å². The van der Waals surface area contributed by atoms with Crippen LogP contribution in [-0.2, 0) is 0 Å². The van der Waals surface area contributed by atoms with Crippen molar-refractivity contribution in [2.24, 2.45) is 5.92 Å². The molecule has 2 fully saturated rings. The van der Waals surface area contributed by atoms with Gasteiger partial charge in [0.05, 0.1) is 5.70 Å². The van der Waals surface area contributed by atoms with Crippen molar-refractivity contribution in [3.05, 3.63) is 60.1 Å². The highest BCUT2D eigenvalue weighted by Gasteiger charge is 2.20. The van der Waals surface area contributed by atoms with Crippen molar-refractivity contribution in [1.82, 2.24) is 20.3 Å². The van der Waals surface area contributed by atoms with Crippen LogP contribution in [0.5, 0.6) is 0 Å². The summed E-state index contributed by atoms with van der Waals surface area (Å²) in [5, 5.41) is 7.01. The lowest BCUT2D eigenvalue weighted by molar-refractivity contribution is 0.190. The highest BCUT2D eigenvalue weighted by atomic mass is 15.3. The Morgan fingerprint density at radius 2 is 1.71 bits per heavy atom. The van der Waals surface area contributed by atoms with Crippen LogP contribution in [0.4, 0.5) is 0 Å². The predicted octanol–water partition coefficient (Wildman–Crippen LogP) is 6.50. The Hall–Kier alpha value is -1.88. The molecule has 0 aromatic heterocycles. The third-order valence-electron chi connectivity index (χ3n) is 7.51. The first-order chi connectivity index (χ1) is 16.5. The van der Waals surface area contributed by atoms with Crippen LogP contribution in [-0.4, -0.2) is 49.4 Å². The van der Waals surface area contributed by atoms with Gasteiger partial charge in [-0.15, -0.1) is 6.58 Å². The molecule has 1 aliphatic heterocycles. The van der Waals surface area contributed by atoms with Gasteiger partial charge in [0, 0.05) is 37.6 Å². The minimum absolute atomic E-state index is 0.291. The highest BCUT2D eigenvalue weighted by molar-refractivity contribution is 6.63. The van der Waals surface area contributed by atoms with Crippen molar-refractivity contribution in [2.75, 3.05) is 32.7 Å². The fourth-order valence-electron chi connectivity index (χ4n) is 5.31. The minimum Gasteiger partial charge on any atom is -0.372 e. The van der Waals surface area contributed by atoms with Gasteiger partial charge in [-0.25, -0.2) is 0 Å². The van der Waals surface area contributed by atoms with Crippen LogP contribution in [0.1, 0.15) is 78.6 Å². The zero-order chi connectivity index (χ0) is 24.8. The third kappa shape index (κ3) is 9.41. The van der Waals surface area contributed by atoms with Crippen molar-refractivity contribution in [1.29, 1.82) is 0 Å². The Balaban J connectivity index is 1.89. The van der Waals surface area contributed by atoms with Crippen LogP contribution in [0.2, 0.25) is 6.82 Å². The van der Waals surface area contributed by atoms with Gasteiger partial charge in [0.25, 0.3) is 6.85 Å². The number of nitrogens with zero attached hydrogens (tertiary/aromatic N) is 2. The number of allylic oxidation sites excluding steroid dienone is 6. The molecule has 2 rings (SSSR count). The molecule has 0 aromatic carbocycles. The molecule has 0 atom stereocenters. The Bertz CT molecular complexity index is 710. The zero-order valence-corrected chi connectivity index (χ0v) is 22.7. The molecule has 1 aliphatic carbocycles. The van der Waals surface area contributed by atoms with Crippen molar-refractivity contribution in [2.45, 2.75) is 85.4 Å². The first-order valence-electron chi connectivity index (χ1n) is 13.9. The molecule has 0 spiro atoms. The average molecular weight is 467 g/mol. The molecule has 2 N–H and O–H groups in total.